The van der Waals surface area contributed by atoms with E-state index in [9.17, 15) is 9.59 Å². The molecule has 0 fully saturated rings. The lowest BCUT2D eigenvalue weighted by Crippen LogP contribution is -2.50. The Balaban J connectivity index is 1.86. The Labute approximate surface area is 207 Å². The SMILES string of the molecule is CCNC(=O)[C@@H](Cc1ccccc1)N(Cc1cccc(Cl)c1)C(=O)CCc1ccc(CC)cc1. The molecule has 4 nitrogen and oxygen atoms in total. The number of carbonyl (C=O) groups is 2. The van der Waals surface area contributed by atoms with Crippen LogP contribution < -0.4 is 5.32 Å². The van der Waals surface area contributed by atoms with Crippen LogP contribution in [-0.4, -0.2) is 29.3 Å². The number of aryl methyl sites for hydroxylation is 2. The van der Waals surface area contributed by atoms with Crippen LogP contribution in [0.4, 0.5) is 0 Å². The van der Waals surface area contributed by atoms with Crippen LogP contribution in [0, 0.1) is 0 Å². The largest absolute Gasteiger partial charge is 0.355 e. The van der Waals surface area contributed by atoms with E-state index < -0.39 is 6.04 Å². The maximum absolute atomic E-state index is 13.6. The van der Waals surface area contributed by atoms with Gasteiger partial charge >= 0.3 is 0 Å². The molecule has 0 radical (unpaired) electrons. The zero-order chi connectivity index (χ0) is 24.3. The van der Waals surface area contributed by atoms with Gasteiger partial charge in [0.15, 0.2) is 0 Å². The molecule has 0 saturated carbocycles. The molecule has 1 N–H and O–H groups in total. The molecule has 5 heteroatoms. The van der Waals surface area contributed by atoms with E-state index >= 15 is 0 Å². The van der Waals surface area contributed by atoms with Crippen LogP contribution in [0.3, 0.4) is 0 Å². The zero-order valence-corrected chi connectivity index (χ0v) is 20.7. The lowest BCUT2D eigenvalue weighted by Gasteiger charge is -2.31. The summed E-state index contributed by atoms with van der Waals surface area (Å²) >= 11 is 6.21. The first kappa shape index (κ1) is 25.5. The molecule has 0 aliphatic rings. The van der Waals surface area contributed by atoms with E-state index in [0.29, 0.717) is 37.4 Å². The Morgan fingerprint density at radius 3 is 2.18 bits per heavy atom. The highest BCUT2D eigenvalue weighted by Crippen LogP contribution is 2.19. The van der Waals surface area contributed by atoms with Crippen LogP contribution >= 0.6 is 11.6 Å². The summed E-state index contributed by atoms with van der Waals surface area (Å²) in [7, 11) is 0. The van der Waals surface area contributed by atoms with Crippen LogP contribution in [0.15, 0.2) is 78.9 Å². The van der Waals surface area contributed by atoms with E-state index in [0.717, 1.165) is 23.1 Å². The molecule has 2 amide bonds. The summed E-state index contributed by atoms with van der Waals surface area (Å²) in [5, 5.41) is 3.54. The molecule has 178 valence electrons. The van der Waals surface area contributed by atoms with Crippen molar-refractivity contribution in [2.45, 2.75) is 52.1 Å². The highest BCUT2D eigenvalue weighted by molar-refractivity contribution is 6.30. The van der Waals surface area contributed by atoms with Crippen molar-refractivity contribution < 1.29 is 9.59 Å². The fraction of sp³-hybridized carbons (Fsp3) is 0.310. The van der Waals surface area contributed by atoms with Crippen LogP contribution in [0.2, 0.25) is 5.02 Å². The van der Waals surface area contributed by atoms with Crippen molar-refractivity contribution in [2.24, 2.45) is 0 Å². The number of nitrogens with zero attached hydrogens (tertiary/aromatic N) is 1. The Morgan fingerprint density at radius 1 is 0.853 bits per heavy atom. The Bertz CT molecular complexity index is 1070. The number of hydrogen-bond acceptors (Lipinski definition) is 2. The first-order valence-electron chi connectivity index (χ1n) is 11.9. The van der Waals surface area contributed by atoms with Crippen molar-refractivity contribution in [1.29, 1.82) is 0 Å². The maximum atomic E-state index is 13.6. The number of carbonyl (C=O) groups excluding carboxylic acids is 2. The standard InChI is InChI=1S/C29H33ClN2O2/c1-3-22-13-15-23(16-14-22)17-18-28(33)32(21-25-11-8-12-26(30)19-25)27(29(34)31-4-2)20-24-9-6-5-7-10-24/h5-16,19,27H,3-4,17-18,20-21H2,1-2H3,(H,31,34)/t27-/m1/s1. The maximum Gasteiger partial charge on any atom is 0.243 e. The Morgan fingerprint density at radius 2 is 1.53 bits per heavy atom. The molecule has 0 aromatic heterocycles. The van der Waals surface area contributed by atoms with Crippen molar-refractivity contribution in [1.82, 2.24) is 10.2 Å². The summed E-state index contributed by atoms with van der Waals surface area (Å²) in [5.74, 6) is -0.194. The van der Waals surface area contributed by atoms with Gasteiger partial charge in [-0.2, -0.15) is 0 Å². The second-order valence-corrected chi connectivity index (χ2v) is 8.86. The van der Waals surface area contributed by atoms with Crippen molar-refractivity contribution >= 4 is 23.4 Å². The molecule has 3 rings (SSSR count). The van der Waals surface area contributed by atoms with Gasteiger partial charge in [0, 0.05) is 31.0 Å². The fourth-order valence-electron chi connectivity index (χ4n) is 4.01. The average molecular weight is 477 g/mol. The summed E-state index contributed by atoms with van der Waals surface area (Å²) in [6.45, 7) is 4.84. The van der Waals surface area contributed by atoms with Crippen LogP contribution in [0.5, 0.6) is 0 Å². The van der Waals surface area contributed by atoms with Crippen molar-refractivity contribution in [3.05, 3.63) is 106 Å². The summed E-state index contributed by atoms with van der Waals surface area (Å²) in [5.41, 5.74) is 4.30. The third-order valence-electron chi connectivity index (χ3n) is 5.92. The Kier molecular flexibility index (Phi) is 9.72. The van der Waals surface area contributed by atoms with Gasteiger partial charge in [-0.15, -0.1) is 0 Å². The third-order valence-corrected chi connectivity index (χ3v) is 6.16. The van der Waals surface area contributed by atoms with Gasteiger partial charge in [0.2, 0.25) is 11.8 Å². The highest BCUT2D eigenvalue weighted by atomic mass is 35.5. The van der Waals surface area contributed by atoms with Crippen LogP contribution in [0.1, 0.15) is 42.5 Å². The summed E-state index contributed by atoms with van der Waals surface area (Å²) in [4.78, 5) is 28.5. The van der Waals surface area contributed by atoms with Gasteiger partial charge in [0.05, 0.1) is 0 Å². The average Bonchev–Trinajstić information content (AvgIpc) is 2.85. The quantitative estimate of drug-likeness (QED) is 0.391. The molecule has 0 saturated heterocycles. The lowest BCUT2D eigenvalue weighted by molar-refractivity contribution is -0.141. The minimum Gasteiger partial charge on any atom is -0.355 e. The predicted molar refractivity (Wildman–Crippen MR) is 139 cm³/mol. The van der Waals surface area contributed by atoms with Gasteiger partial charge in [0.1, 0.15) is 6.04 Å². The highest BCUT2D eigenvalue weighted by Gasteiger charge is 2.30. The summed E-state index contributed by atoms with van der Waals surface area (Å²) < 4.78 is 0. The number of likely N-dealkylation sites (N-methyl/N-ethyl adjacent to an activating group) is 1. The second-order valence-electron chi connectivity index (χ2n) is 8.42. The predicted octanol–water partition coefficient (Wildman–Crippen LogP) is 5.61. The number of benzene rings is 3. The second kappa shape index (κ2) is 13.0. The first-order valence-corrected chi connectivity index (χ1v) is 12.3. The van der Waals surface area contributed by atoms with Gasteiger partial charge in [0.25, 0.3) is 0 Å². The fourth-order valence-corrected chi connectivity index (χ4v) is 4.23. The van der Waals surface area contributed by atoms with E-state index in [1.807, 2.05) is 61.5 Å². The Hall–Kier alpha value is -3.11. The molecule has 0 unspecified atom stereocenters. The van der Waals surface area contributed by atoms with E-state index in [1.165, 1.54) is 5.56 Å². The third kappa shape index (κ3) is 7.46. The number of amides is 2. The van der Waals surface area contributed by atoms with E-state index in [2.05, 4.69) is 36.5 Å². The minimum atomic E-state index is -0.615. The molecular formula is C29H33ClN2O2. The molecule has 0 aliphatic carbocycles. The number of halogens is 1. The topological polar surface area (TPSA) is 49.4 Å². The normalized spacial score (nSPS) is 11.6. The number of nitrogens with one attached hydrogen (secondary N) is 1. The zero-order valence-electron chi connectivity index (χ0n) is 20.0. The van der Waals surface area contributed by atoms with Gasteiger partial charge < -0.3 is 10.2 Å². The van der Waals surface area contributed by atoms with Gasteiger partial charge in [-0.05, 0) is 54.2 Å². The molecule has 1 atom stereocenters. The minimum absolute atomic E-state index is 0.0493. The smallest absolute Gasteiger partial charge is 0.243 e. The monoisotopic (exact) mass is 476 g/mol. The van der Waals surface area contributed by atoms with E-state index in [1.54, 1.807) is 4.90 Å². The van der Waals surface area contributed by atoms with Crippen molar-refractivity contribution in [2.75, 3.05) is 6.54 Å². The molecule has 0 heterocycles. The molecule has 0 bridgehead atoms. The van der Waals surface area contributed by atoms with Gasteiger partial charge in [-0.25, -0.2) is 0 Å². The number of rotatable bonds is 11. The lowest BCUT2D eigenvalue weighted by atomic mass is 10.0. The van der Waals surface area contributed by atoms with Gasteiger partial charge in [-0.1, -0.05) is 85.3 Å². The molecule has 3 aromatic carbocycles. The van der Waals surface area contributed by atoms with Crippen molar-refractivity contribution in [3.8, 4) is 0 Å². The molecule has 0 spiro atoms. The summed E-state index contributed by atoms with van der Waals surface area (Å²) in [6, 6.07) is 25.1. The molecule has 34 heavy (non-hydrogen) atoms. The molecule has 3 aromatic rings. The van der Waals surface area contributed by atoms with Crippen molar-refractivity contribution in [3.63, 3.8) is 0 Å². The van der Waals surface area contributed by atoms with Crippen LogP contribution in [0.25, 0.3) is 0 Å². The van der Waals surface area contributed by atoms with Gasteiger partial charge in [-0.3, -0.25) is 9.59 Å². The van der Waals surface area contributed by atoms with E-state index in [-0.39, 0.29) is 11.8 Å². The van der Waals surface area contributed by atoms with Crippen LogP contribution in [-0.2, 0) is 35.4 Å². The molecule has 0 aliphatic heterocycles. The van der Waals surface area contributed by atoms with E-state index in [4.69, 9.17) is 11.6 Å². The molecular weight excluding hydrogens is 444 g/mol. The summed E-state index contributed by atoms with van der Waals surface area (Å²) in [6.07, 6.45) is 2.39. The number of hydrogen-bond donors (Lipinski definition) is 1. The first-order chi connectivity index (χ1) is 16.5.